The number of aromatic nitrogens is 2. The van der Waals surface area contributed by atoms with E-state index in [0.29, 0.717) is 24.3 Å². The highest BCUT2D eigenvalue weighted by molar-refractivity contribution is 7.98. The number of aromatic amines is 1. The van der Waals surface area contributed by atoms with Crippen LogP contribution in [0.1, 0.15) is 11.3 Å². The molecule has 7 heteroatoms. The second-order valence-corrected chi connectivity index (χ2v) is 5.60. The predicted molar refractivity (Wildman–Crippen MR) is 79.8 cm³/mol. The smallest absolute Gasteiger partial charge is 0.254 e. The number of fused-ring (bicyclic) bond motifs is 1. The van der Waals surface area contributed by atoms with E-state index < -0.39 is 6.10 Å². The van der Waals surface area contributed by atoms with E-state index in [1.165, 1.54) is 6.33 Å². The van der Waals surface area contributed by atoms with E-state index in [0.717, 1.165) is 11.3 Å². The van der Waals surface area contributed by atoms with Crippen molar-refractivity contribution in [2.45, 2.75) is 18.6 Å². The Morgan fingerprint density at radius 3 is 3.10 bits per heavy atom. The second-order valence-electron chi connectivity index (χ2n) is 4.68. The quantitative estimate of drug-likeness (QED) is 0.536. The number of aliphatic hydroxyl groups excluding tert-OH is 2. The first-order valence-corrected chi connectivity index (χ1v) is 7.84. The van der Waals surface area contributed by atoms with E-state index in [-0.39, 0.29) is 18.2 Å². The van der Waals surface area contributed by atoms with Crippen LogP contribution in [0.25, 0.3) is 5.57 Å². The van der Waals surface area contributed by atoms with E-state index in [4.69, 9.17) is 5.11 Å². The Morgan fingerprint density at radius 2 is 2.40 bits per heavy atom. The van der Waals surface area contributed by atoms with E-state index in [1.807, 2.05) is 12.3 Å². The highest BCUT2D eigenvalue weighted by Gasteiger charge is 2.21. The third kappa shape index (κ3) is 3.29. The van der Waals surface area contributed by atoms with Gasteiger partial charge in [-0.25, -0.2) is 4.98 Å². The summed E-state index contributed by atoms with van der Waals surface area (Å²) < 4.78 is 0. The molecule has 0 amide bonds. The average molecular weight is 297 g/mol. The summed E-state index contributed by atoms with van der Waals surface area (Å²) >= 11 is 1.60. The maximum absolute atomic E-state index is 11.6. The number of allylic oxidation sites excluding steroid dienone is 1. The fourth-order valence-electron chi connectivity index (χ4n) is 2.23. The Morgan fingerprint density at radius 1 is 1.60 bits per heavy atom. The van der Waals surface area contributed by atoms with Crippen molar-refractivity contribution in [3.63, 3.8) is 0 Å². The Bertz CT molecular complexity index is 544. The lowest BCUT2D eigenvalue weighted by Crippen LogP contribution is -2.44. The van der Waals surface area contributed by atoms with E-state index >= 15 is 0 Å². The van der Waals surface area contributed by atoms with Gasteiger partial charge in [0.25, 0.3) is 5.56 Å². The molecule has 1 heterocycles. The van der Waals surface area contributed by atoms with Gasteiger partial charge in [-0.2, -0.15) is 11.8 Å². The van der Waals surface area contributed by atoms with Gasteiger partial charge in [0.1, 0.15) is 0 Å². The molecular weight excluding hydrogens is 278 g/mol. The van der Waals surface area contributed by atoms with Gasteiger partial charge in [-0.1, -0.05) is 6.08 Å². The molecule has 0 unspecified atom stereocenters. The minimum atomic E-state index is -0.795. The molecule has 0 bridgehead atoms. The third-order valence-corrected chi connectivity index (χ3v) is 4.05. The van der Waals surface area contributed by atoms with Crippen molar-refractivity contribution in [3.05, 3.63) is 34.0 Å². The lowest BCUT2D eigenvalue weighted by molar-refractivity contribution is 0.0707. The third-order valence-electron chi connectivity index (χ3n) is 3.36. The van der Waals surface area contributed by atoms with Gasteiger partial charge in [0.05, 0.1) is 24.7 Å². The van der Waals surface area contributed by atoms with Crippen LogP contribution in [0.4, 0.5) is 0 Å². The minimum Gasteiger partial charge on any atom is -0.394 e. The number of nitrogens with one attached hydrogen (secondary N) is 2. The maximum atomic E-state index is 11.6. The fraction of sp³-hybridized carbons (Fsp3) is 0.538. The van der Waals surface area contributed by atoms with Gasteiger partial charge in [-0.3, -0.25) is 4.79 Å². The lowest BCUT2D eigenvalue weighted by atomic mass is 10.1. The second kappa shape index (κ2) is 7.03. The van der Waals surface area contributed by atoms with Crippen molar-refractivity contribution in [3.8, 4) is 0 Å². The molecule has 6 nitrogen and oxygen atoms in total. The molecule has 1 aromatic rings. The number of thioether (sulfide) groups is 1. The van der Waals surface area contributed by atoms with Gasteiger partial charge < -0.3 is 20.5 Å². The first-order chi connectivity index (χ1) is 9.67. The van der Waals surface area contributed by atoms with Crippen LogP contribution in [0.2, 0.25) is 0 Å². The predicted octanol–water partition coefficient (Wildman–Crippen LogP) is -0.616. The van der Waals surface area contributed by atoms with Gasteiger partial charge >= 0.3 is 0 Å². The SMILES string of the molecule is CSC[C@H](NCC1=CCc2c1nc[nH]c2=O)[C@@H](O)CO. The van der Waals surface area contributed by atoms with Crippen molar-refractivity contribution >= 4 is 17.3 Å². The molecule has 4 N–H and O–H groups in total. The highest BCUT2D eigenvalue weighted by atomic mass is 32.2. The Kier molecular flexibility index (Phi) is 5.36. The molecule has 2 rings (SSSR count). The lowest BCUT2D eigenvalue weighted by Gasteiger charge is -2.22. The summed E-state index contributed by atoms with van der Waals surface area (Å²) in [7, 11) is 0. The van der Waals surface area contributed by atoms with Crippen LogP contribution in [0.3, 0.4) is 0 Å². The molecule has 0 fully saturated rings. The molecule has 0 saturated carbocycles. The topological polar surface area (TPSA) is 98.2 Å². The van der Waals surface area contributed by atoms with Crippen molar-refractivity contribution < 1.29 is 10.2 Å². The largest absolute Gasteiger partial charge is 0.394 e. The van der Waals surface area contributed by atoms with E-state index in [9.17, 15) is 9.90 Å². The van der Waals surface area contributed by atoms with Crippen LogP contribution in [0, 0.1) is 0 Å². The summed E-state index contributed by atoms with van der Waals surface area (Å²) in [6.45, 7) is 0.248. The standard InChI is InChI=1S/C13H19N3O3S/c1-20-6-10(11(18)5-17)14-4-8-2-3-9-12(8)15-7-16-13(9)19/h2,7,10-11,14,17-18H,3-6H2,1H3,(H,15,16,19)/t10-,11-/m0/s1. The maximum Gasteiger partial charge on any atom is 0.254 e. The number of nitrogens with zero attached hydrogens (tertiary/aromatic N) is 1. The van der Waals surface area contributed by atoms with Gasteiger partial charge in [0, 0.05) is 23.9 Å². The summed E-state index contributed by atoms with van der Waals surface area (Å²) in [6.07, 6.45) is 5.12. The molecule has 2 atom stereocenters. The van der Waals surface area contributed by atoms with Crippen molar-refractivity contribution in [1.82, 2.24) is 15.3 Å². The molecular formula is C13H19N3O3S. The summed E-state index contributed by atoms with van der Waals surface area (Å²) in [5.74, 6) is 0.699. The van der Waals surface area contributed by atoms with Crippen molar-refractivity contribution in [1.29, 1.82) is 0 Å². The monoisotopic (exact) mass is 297 g/mol. The molecule has 0 spiro atoms. The summed E-state index contributed by atoms with van der Waals surface area (Å²) in [4.78, 5) is 18.4. The zero-order valence-electron chi connectivity index (χ0n) is 11.3. The average Bonchev–Trinajstić information content (AvgIpc) is 2.87. The van der Waals surface area contributed by atoms with E-state index in [1.54, 1.807) is 11.8 Å². The number of H-pyrrole nitrogens is 1. The fourth-order valence-corrected chi connectivity index (χ4v) is 2.92. The van der Waals surface area contributed by atoms with Crippen molar-refractivity contribution in [2.24, 2.45) is 0 Å². The minimum absolute atomic E-state index is 0.0997. The van der Waals surface area contributed by atoms with Crippen LogP contribution in [-0.2, 0) is 6.42 Å². The Balaban J connectivity index is 2.02. The summed E-state index contributed by atoms with van der Waals surface area (Å²) in [5, 5.41) is 22.0. The molecule has 0 saturated heterocycles. The van der Waals surface area contributed by atoms with Crippen LogP contribution in [0.15, 0.2) is 17.2 Å². The van der Waals surface area contributed by atoms with Crippen LogP contribution in [0.5, 0.6) is 0 Å². The number of hydrogen-bond acceptors (Lipinski definition) is 6. The first-order valence-electron chi connectivity index (χ1n) is 6.44. The molecule has 1 aliphatic rings. The Hall–Kier alpha value is -1.15. The summed E-state index contributed by atoms with van der Waals surface area (Å²) in [5.41, 5.74) is 2.27. The molecule has 110 valence electrons. The van der Waals surface area contributed by atoms with Gasteiger partial charge in [-0.15, -0.1) is 0 Å². The Labute approximate surface area is 121 Å². The van der Waals surface area contributed by atoms with E-state index in [2.05, 4.69) is 15.3 Å². The van der Waals surface area contributed by atoms with Gasteiger partial charge in [-0.05, 0) is 18.2 Å². The summed E-state index contributed by atoms with van der Waals surface area (Å²) in [6, 6.07) is -0.193. The molecule has 0 radical (unpaired) electrons. The van der Waals surface area contributed by atoms with Gasteiger partial charge in [0.15, 0.2) is 0 Å². The van der Waals surface area contributed by atoms with Crippen LogP contribution in [-0.4, -0.2) is 57.5 Å². The molecule has 20 heavy (non-hydrogen) atoms. The number of aliphatic hydroxyl groups is 2. The molecule has 0 aliphatic heterocycles. The first kappa shape index (κ1) is 15.2. The zero-order valence-corrected chi connectivity index (χ0v) is 12.1. The van der Waals surface area contributed by atoms with Crippen LogP contribution >= 0.6 is 11.8 Å². The van der Waals surface area contributed by atoms with Crippen LogP contribution < -0.4 is 10.9 Å². The number of rotatable bonds is 7. The molecule has 0 aromatic carbocycles. The van der Waals surface area contributed by atoms with Gasteiger partial charge in [0.2, 0.25) is 0 Å². The highest BCUT2D eigenvalue weighted by Crippen LogP contribution is 2.21. The molecule has 1 aromatic heterocycles. The number of hydrogen-bond donors (Lipinski definition) is 4. The molecule has 1 aliphatic carbocycles. The van der Waals surface area contributed by atoms with Crippen molar-refractivity contribution in [2.75, 3.05) is 25.2 Å². The zero-order chi connectivity index (χ0) is 14.5. The normalized spacial score (nSPS) is 16.6.